The largest absolute Gasteiger partial charge is 0.373 e. The first kappa shape index (κ1) is 11.3. The summed E-state index contributed by atoms with van der Waals surface area (Å²) in [4.78, 5) is 20.3. The second-order valence-electron chi connectivity index (χ2n) is 3.57. The van der Waals surface area contributed by atoms with Gasteiger partial charge in [-0.25, -0.2) is 4.98 Å². The molecule has 0 aliphatic carbocycles. The zero-order valence-corrected chi connectivity index (χ0v) is 9.55. The maximum Gasteiger partial charge on any atom is 0.172 e. The summed E-state index contributed by atoms with van der Waals surface area (Å²) in [6.07, 6.45) is 3.63. The topological polar surface area (TPSA) is 54.9 Å². The third-order valence-electron chi connectivity index (χ3n) is 2.41. The number of nitrogens with zero attached hydrogens (tertiary/aromatic N) is 2. The minimum Gasteiger partial charge on any atom is -0.373 e. The van der Waals surface area contributed by atoms with E-state index in [-0.39, 0.29) is 5.78 Å². The van der Waals surface area contributed by atoms with Gasteiger partial charge in [-0.3, -0.25) is 9.78 Å². The highest BCUT2D eigenvalue weighted by Crippen LogP contribution is 2.13. The fourth-order valence-corrected chi connectivity index (χ4v) is 1.59. The Hall–Kier alpha value is -2.23. The van der Waals surface area contributed by atoms with Gasteiger partial charge in [0.05, 0.1) is 12.0 Å². The van der Waals surface area contributed by atoms with Gasteiger partial charge in [0, 0.05) is 25.1 Å². The highest BCUT2D eigenvalue weighted by molar-refractivity contribution is 6.01. The van der Waals surface area contributed by atoms with Crippen molar-refractivity contribution in [3.63, 3.8) is 0 Å². The highest BCUT2D eigenvalue weighted by atomic mass is 16.1. The average Bonchev–Trinajstić information content (AvgIpc) is 2.40. The molecule has 17 heavy (non-hydrogen) atoms. The summed E-state index contributed by atoms with van der Waals surface area (Å²) in [7, 11) is 1.75. The van der Waals surface area contributed by atoms with Crippen LogP contribution in [0.3, 0.4) is 0 Å². The molecule has 0 saturated carbocycles. The van der Waals surface area contributed by atoms with Crippen LogP contribution in [0.4, 0.5) is 5.82 Å². The van der Waals surface area contributed by atoms with Crippen molar-refractivity contribution in [2.45, 2.75) is 6.42 Å². The molecule has 0 aromatic carbocycles. The molecular formula is C13H13N3O. The van der Waals surface area contributed by atoms with Crippen molar-refractivity contribution < 1.29 is 4.79 Å². The third kappa shape index (κ3) is 2.66. The van der Waals surface area contributed by atoms with Gasteiger partial charge >= 0.3 is 0 Å². The number of pyridine rings is 2. The van der Waals surface area contributed by atoms with E-state index in [1.54, 1.807) is 31.6 Å². The molecule has 4 heteroatoms. The maximum atomic E-state index is 12.1. The predicted molar refractivity (Wildman–Crippen MR) is 66.1 cm³/mol. The van der Waals surface area contributed by atoms with Crippen LogP contribution < -0.4 is 5.32 Å². The van der Waals surface area contributed by atoms with Crippen molar-refractivity contribution in [1.29, 1.82) is 0 Å². The molecule has 0 amide bonds. The molecule has 0 unspecified atom stereocenters. The number of anilines is 1. The van der Waals surface area contributed by atoms with Crippen LogP contribution in [0, 0.1) is 0 Å². The number of Topliss-reactive ketones (excluding diaryl/α,β-unsaturated/α-hetero) is 1. The second kappa shape index (κ2) is 5.21. The first-order chi connectivity index (χ1) is 8.31. The van der Waals surface area contributed by atoms with E-state index in [1.165, 1.54) is 0 Å². The Balaban J connectivity index is 2.20. The Kier molecular flexibility index (Phi) is 3.45. The molecule has 1 N–H and O–H groups in total. The van der Waals surface area contributed by atoms with Crippen molar-refractivity contribution >= 4 is 11.6 Å². The summed E-state index contributed by atoms with van der Waals surface area (Å²) < 4.78 is 0. The summed E-state index contributed by atoms with van der Waals surface area (Å²) >= 11 is 0. The lowest BCUT2D eigenvalue weighted by Crippen LogP contribution is -2.09. The Bertz CT molecular complexity index is 511. The van der Waals surface area contributed by atoms with E-state index >= 15 is 0 Å². The van der Waals surface area contributed by atoms with Crippen LogP contribution in [0.2, 0.25) is 0 Å². The van der Waals surface area contributed by atoms with Gasteiger partial charge in [0.1, 0.15) is 5.82 Å². The van der Waals surface area contributed by atoms with Crippen LogP contribution >= 0.6 is 0 Å². The van der Waals surface area contributed by atoms with Gasteiger partial charge in [-0.2, -0.15) is 0 Å². The molecule has 2 heterocycles. The number of hydrogen-bond acceptors (Lipinski definition) is 4. The highest BCUT2D eigenvalue weighted by Gasteiger charge is 2.12. The van der Waals surface area contributed by atoms with Crippen LogP contribution in [0.1, 0.15) is 16.1 Å². The second-order valence-corrected chi connectivity index (χ2v) is 3.57. The van der Waals surface area contributed by atoms with Gasteiger partial charge in [-0.1, -0.05) is 6.07 Å². The number of carbonyl (C=O) groups is 1. The van der Waals surface area contributed by atoms with Gasteiger partial charge in [0.15, 0.2) is 5.78 Å². The van der Waals surface area contributed by atoms with E-state index in [0.29, 0.717) is 17.8 Å². The van der Waals surface area contributed by atoms with Crippen LogP contribution in [0.15, 0.2) is 42.7 Å². The van der Waals surface area contributed by atoms with Crippen LogP contribution in [-0.4, -0.2) is 22.8 Å². The fourth-order valence-electron chi connectivity index (χ4n) is 1.59. The molecule has 0 fully saturated rings. The van der Waals surface area contributed by atoms with Gasteiger partial charge in [-0.05, 0) is 24.3 Å². The molecule has 0 aliphatic heterocycles. The number of aromatic nitrogens is 2. The van der Waals surface area contributed by atoms with E-state index in [1.807, 2.05) is 18.2 Å². The van der Waals surface area contributed by atoms with Crippen molar-refractivity contribution in [2.75, 3.05) is 12.4 Å². The molecule has 0 spiro atoms. The molecule has 2 rings (SSSR count). The van der Waals surface area contributed by atoms with Crippen molar-refractivity contribution in [3.05, 3.63) is 54.0 Å². The molecule has 0 bridgehead atoms. The van der Waals surface area contributed by atoms with Crippen LogP contribution in [0.5, 0.6) is 0 Å². The number of nitrogens with one attached hydrogen (secondary N) is 1. The number of rotatable bonds is 4. The fraction of sp³-hybridized carbons (Fsp3) is 0.154. The molecule has 2 aromatic heterocycles. The molecule has 0 aliphatic rings. The Morgan fingerprint density at radius 1 is 1.18 bits per heavy atom. The van der Waals surface area contributed by atoms with E-state index in [4.69, 9.17) is 0 Å². The summed E-state index contributed by atoms with van der Waals surface area (Å²) in [6.45, 7) is 0. The van der Waals surface area contributed by atoms with Gasteiger partial charge in [-0.15, -0.1) is 0 Å². The lowest BCUT2D eigenvalue weighted by atomic mass is 10.1. The summed E-state index contributed by atoms with van der Waals surface area (Å²) in [6, 6.07) is 9.07. The van der Waals surface area contributed by atoms with E-state index in [2.05, 4.69) is 15.3 Å². The van der Waals surface area contributed by atoms with E-state index in [9.17, 15) is 4.79 Å². The lowest BCUT2D eigenvalue weighted by Gasteiger charge is -2.06. The number of carbonyl (C=O) groups excluding carboxylic acids is 1. The Labute approximate surface area is 99.7 Å². The molecule has 4 nitrogen and oxygen atoms in total. The smallest absolute Gasteiger partial charge is 0.172 e. The molecular weight excluding hydrogens is 214 g/mol. The Morgan fingerprint density at radius 3 is 2.71 bits per heavy atom. The van der Waals surface area contributed by atoms with Crippen molar-refractivity contribution in [1.82, 2.24) is 9.97 Å². The third-order valence-corrected chi connectivity index (χ3v) is 2.41. The molecule has 0 atom stereocenters. The summed E-state index contributed by atoms with van der Waals surface area (Å²) in [5.74, 6) is 0.620. The average molecular weight is 227 g/mol. The zero-order chi connectivity index (χ0) is 12.1. The Morgan fingerprint density at radius 2 is 2.00 bits per heavy atom. The van der Waals surface area contributed by atoms with Gasteiger partial charge < -0.3 is 5.32 Å². The molecule has 0 saturated heterocycles. The van der Waals surface area contributed by atoms with Crippen molar-refractivity contribution in [3.8, 4) is 0 Å². The predicted octanol–water partition coefficient (Wildman–Crippen LogP) is 1.94. The minimum absolute atomic E-state index is 0.0150. The van der Waals surface area contributed by atoms with Crippen molar-refractivity contribution in [2.24, 2.45) is 0 Å². The lowest BCUT2D eigenvalue weighted by molar-refractivity contribution is 0.0992. The molecule has 2 aromatic rings. The zero-order valence-electron chi connectivity index (χ0n) is 9.55. The first-order valence-electron chi connectivity index (χ1n) is 5.37. The number of ketones is 1. The quantitative estimate of drug-likeness (QED) is 0.811. The van der Waals surface area contributed by atoms with Crippen LogP contribution in [-0.2, 0) is 6.42 Å². The SMILES string of the molecule is CNc1ncccc1C(=O)Cc1ccccn1. The number of hydrogen-bond donors (Lipinski definition) is 1. The monoisotopic (exact) mass is 227 g/mol. The van der Waals surface area contributed by atoms with Crippen LogP contribution in [0.25, 0.3) is 0 Å². The summed E-state index contributed by atoms with van der Waals surface area (Å²) in [5.41, 5.74) is 1.36. The molecule has 0 radical (unpaired) electrons. The van der Waals surface area contributed by atoms with E-state index < -0.39 is 0 Å². The molecule has 86 valence electrons. The van der Waals surface area contributed by atoms with Gasteiger partial charge in [0.2, 0.25) is 0 Å². The first-order valence-corrected chi connectivity index (χ1v) is 5.37. The minimum atomic E-state index is 0.0150. The standard InChI is InChI=1S/C13H13N3O/c1-14-13-11(6-4-8-16-13)12(17)9-10-5-2-3-7-15-10/h2-8H,9H2,1H3,(H,14,16). The van der Waals surface area contributed by atoms with Gasteiger partial charge in [0.25, 0.3) is 0 Å². The summed E-state index contributed by atoms with van der Waals surface area (Å²) in [5, 5.41) is 2.91. The van der Waals surface area contributed by atoms with E-state index in [0.717, 1.165) is 5.69 Å². The maximum absolute atomic E-state index is 12.1. The normalized spacial score (nSPS) is 9.94.